The second-order valence-corrected chi connectivity index (χ2v) is 13.0. The number of nitrogens with one attached hydrogen (secondary N) is 1. The monoisotopic (exact) mass is 687 g/mol. The van der Waals surface area contributed by atoms with Gasteiger partial charge in [0.1, 0.15) is 0 Å². The number of esters is 1. The van der Waals surface area contributed by atoms with Gasteiger partial charge in [0.15, 0.2) is 18.1 Å². The van der Waals surface area contributed by atoms with Crippen molar-refractivity contribution in [2.45, 2.75) is 53.4 Å². The molecule has 234 valence electrons. The van der Waals surface area contributed by atoms with Gasteiger partial charge in [-0.2, -0.15) is 5.10 Å². The topological polar surface area (TPSA) is 129 Å². The van der Waals surface area contributed by atoms with Gasteiger partial charge in [0, 0.05) is 6.07 Å². The largest absolute Gasteiger partial charge is 0.490 e. The van der Waals surface area contributed by atoms with E-state index < -0.39 is 23.4 Å². The normalized spacial score (nSPS) is 11.7. The lowest BCUT2D eigenvalue weighted by molar-refractivity contribution is -0.386. The minimum Gasteiger partial charge on any atom is -0.490 e. The van der Waals surface area contributed by atoms with Crippen LogP contribution in [0.4, 0.5) is 5.69 Å². The van der Waals surface area contributed by atoms with E-state index >= 15 is 0 Å². The maximum atomic E-state index is 12.6. The van der Waals surface area contributed by atoms with Crippen molar-refractivity contribution >= 4 is 51.3 Å². The zero-order valence-corrected chi connectivity index (χ0v) is 27.7. The van der Waals surface area contributed by atoms with Crippen molar-refractivity contribution in [3.63, 3.8) is 0 Å². The van der Waals surface area contributed by atoms with E-state index in [0.717, 1.165) is 12.0 Å². The summed E-state index contributed by atoms with van der Waals surface area (Å²) in [6.45, 7) is 12.0. The number of hydrogen-bond donors (Lipinski definition) is 1. The highest BCUT2D eigenvalue weighted by molar-refractivity contribution is 9.10. The van der Waals surface area contributed by atoms with Crippen molar-refractivity contribution in [2.24, 2.45) is 10.5 Å². The predicted molar refractivity (Wildman–Crippen MR) is 173 cm³/mol. The number of hydrogen-bond acceptors (Lipinski definition) is 8. The quantitative estimate of drug-likeness (QED) is 0.0674. The molecular weight excluding hydrogens is 654 g/mol. The lowest BCUT2D eigenvalue weighted by atomic mass is 9.72. The molecule has 0 aliphatic carbocycles. The Balaban J connectivity index is 1.68. The second-order valence-electron chi connectivity index (χ2n) is 11.8. The van der Waals surface area contributed by atoms with E-state index in [2.05, 4.69) is 47.2 Å². The Bertz CT molecular complexity index is 1570. The number of hydrazone groups is 1. The highest BCUT2D eigenvalue weighted by Crippen LogP contribution is 2.43. The van der Waals surface area contributed by atoms with Crippen LogP contribution in [0, 0.1) is 15.5 Å². The Kier molecular flexibility index (Phi) is 11.5. The third-order valence-corrected chi connectivity index (χ3v) is 7.21. The molecule has 1 N–H and O–H groups in total. The number of benzene rings is 3. The molecular formula is C32H35BrClN3O7. The smallest absolute Gasteiger partial charge is 0.345 e. The molecule has 12 heteroatoms. The number of nitro groups is 1. The molecule has 0 aliphatic heterocycles. The molecule has 3 rings (SSSR count). The van der Waals surface area contributed by atoms with E-state index in [9.17, 15) is 19.7 Å². The van der Waals surface area contributed by atoms with Crippen molar-refractivity contribution in [3.8, 4) is 17.2 Å². The Morgan fingerprint density at radius 3 is 2.39 bits per heavy atom. The molecule has 0 saturated carbocycles. The number of amides is 1. The first-order chi connectivity index (χ1) is 20.6. The van der Waals surface area contributed by atoms with Gasteiger partial charge < -0.3 is 14.2 Å². The fourth-order valence-corrected chi connectivity index (χ4v) is 5.54. The van der Waals surface area contributed by atoms with Crippen LogP contribution in [0.25, 0.3) is 0 Å². The summed E-state index contributed by atoms with van der Waals surface area (Å²) in [5.74, 6) is -0.841. The number of nitro benzene ring substituents is 1. The average Bonchev–Trinajstić information content (AvgIpc) is 2.92. The zero-order valence-electron chi connectivity index (χ0n) is 25.4. The van der Waals surface area contributed by atoms with E-state index in [-0.39, 0.29) is 44.4 Å². The summed E-state index contributed by atoms with van der Waals surface area (Å²) in [5, 5.41) is 16.1. The summed E-state index contributed by atoms with van der Waals surface area (Å²) in [4.78, 5) is 36.4. The first kappa shape index (κ1) is 34.5. The van der Waals surface area contributed by atoms with Gasteiger partial charge in [0.2, 0.25) is 5.75 Å². The molecule has 0 saturated heterocycles. The maximum Gasteiger partial charge on any atom is 0.345 e. The molecule has 0 unspecified atom stereocenters. The molecule has 1 amide bonds. The van der Waals surface area contributed by atoms with Gasteiger partial charge in [-0.25, -0.2) is 10.2 Å². The van der Waals surface area contributed by atoms with Crippen LogP contribution in [0.2, 0.25) is 5.02 Å². The molecule has 0 spiro atoms. The highest BCUT2D eigenvalue weighted by atomic mass is 79.9. The number of halogens is 2. The van der Waals surface area contributed by atoms with Crippen molar-refractivity contribution in [2.75, 3.05) is 13.2 Å². The minimum absolute atomic E-state index is 0.00908. The SMILES string of the molecule is CCOc1cc(C=NNC(=O)COc2c(Br)cc(C(C)(C)CC(C)(C)C)cc2[N+](=O)[O-])ccc1OC(=O)c1ccccc1Cl. The van der Waals surface area contributed by atoms with Crippen LogP contribution < -0.4 is 19.6 Å². The van der Waals surface area contributed by atoms with E-state index in [4.69, 9.17) is 25.8 Å². The number of carbonyl (C=O) groups excluding carboxylic acids is 2. The molecule has 0 aromatic heterocycles. The third kappa shape index (κ3) is 9.52. The maximum absolute atomic E-state index is 12.6. The van der Waals surface area contributed by atoms with Crippen molar-refractivity contribution < 1.29 is 28.7 Å². The molecule has 3 aromatic carbocycles. The van der Waals surface area contributed by atoms with Gasteiger partial charge in [-0.15, -0.1) is 0 Å². The fraction of sp³-hybridized carbons (Fsp3) is 0.344. The van der Waals surface area contributed by atoms with Crippen molar-refractivity contribution in [1.82, 2.24) is 5.43 Å². The summed E-state index contributed by atoms with van der Waals surface area (Å²) >= 11 is 9.49. The molecule has 0 aliphatic rings. The van der Waals surface area contributed by atoms with E-state index in [1.165, 1.54) is 18.3 Å². The Morgan fingerprint density at radius 1 is 1.05 bits per heavy atom. The number of rotatable bonds is 12. The molecule has 3 aromatic rings. The molecule has 10 nitrogen and oxygen atoms in total. The summed E-state index contributed by atoms with van der Waals surface area (Å²) in [6.07, 6.45) is 2.16. The summed E-state index contributed by atoms with van der Waals surface area (Å²) in [7, 11) is 0. The zero-order chi connectivity index (χ0) is 32.7. The lowest BCUT2D eigenvalue weighted by Crippen LogP contribution is -2.26. The second kappa shape index (κ2) is 14.7. The van der Waals surface area contributed by atoms with Crippen LogP contribution in [0.3, 0.4) is 0 Å². The van der Waals surface area contributed by atoms with Crippen LogP contribution >= 0.6 is 27.5 Å². The summed E-state index contributed by atoms with van der Waals surface area (Å²) in [6, 6.07) is 14.6. The van der Waals surface area contributed by atoms with Gasteiger partial charge in [0.25, 0.3) is 5.91 Å². The Morgan fingerprint density at radius 2 is 1.75 bits per heavy atom. The van der Waals surface area contributed by atoms with E-state index in [0.29, 0.717) is 16.6 Å². The molecule has 0 radical (unpaired) electrons. The Labute approximate surface area is 270 Å². The van der Waals surface area contributed by atoms with Crippen LogP contribution in [-0.2, 0) is 10.2 Å². The summed E-state index contributed by atoms with van der Waals surface area (Å²) in [5.41, 5.74) is 3.30. The van der Waals surface area contributed by atoms with Crippen LogP contribution in [-0.4, -0.2) is 36.2 Å². The van der Waals surface area contributed by atoms with Gasteiger partial charge in [-0.05, 0) is 87.6 Å². The minimum atomic E-state index is -0.639. The van der Waals surface area contributed by atoms with Gasteiger partial charge in [-0.3, -0.25) is 14.9 Å². The average molecular weight is 689 g/mol. The predicted octanol–water partition coefficient (Wildman–Crippen LogP) is 7.87. The molecule has 44 heavy (non-hydrogen) atoms. The number of nitrogens with zero attached hydrogens (tertiary/aromatic N) is 2. The highest BCUT2D eigenvalue weighted by Gasteiger charge is 2.31. The van der Waals surface area contributed by atoms with E-state index in [1.807, 2.05) is 13.8 Å². The standard InChI is InChI=1S/C32H35BrClN3O7/c1-7-42-27-14-20(12-13-26(27)44-30(39)22-10-8-9-11-24(22)34)17-35-36-28(38)18-43-29-23(33)15-21(16-25(29)37(40)41)32(5,6)19-31(2,3)4/h8-17H,7,18-19H2,1-6H3,(H,36,38). The first-order valence-electron chi connectivity index (χ1n) is 13.8. The molecule has 0 heterocycles. The number of ether oxygens (including phenoxy) is 3. The fourth-order valence-electron chi connectivity index (χ4n) is 4.76. The molecule has 0 bridgehead atoms. The van der Waals surface area contributed by atoms with Crippen LogP contribution in [0.1, 0.15) is 69.4 Å². The van der Waals surface area contributed by atoms with Gasteiger partial charge >= 0.3 is 11.7 Å². The Hall–Kier alpha value is -3.96. The summed E-state index contributed by atoms with van der Waals surface area (Å²) < 4.78 is 17.0. The molecule has 0 atom stereocenters. The van der Waals surface area contributed by atoms with Crippen molar-refractivity contribution in [1.29, 1.82) is 0 Å². The number of carbonyl (C=O) groups is 2. The van der Waals surface area contributed by atoms with Crippen molar-refractivity contribution in [3.05, 3.63) is 90.9 Å². The van der Waals surface area contributed by atoms with Gasteiger partial charge in [0.05, 0.1) is 32.8 Å². The third-order valence-electron chi connectivity index (χ3n) is 6.29. The van der Waals surface area contributed by atoms with Crippen LogP contribution in [0.5, 0.6) is 17.2 Å². The van der Waals surface area contributed by atoms with Crippen LogP contribution in [0.15, 0.2) is 64.2 Å². The van der Waals surface area contributed by atoms with Gasteiger partial charge in [-0.1, -0.05) is 58.4 Å². The lowest BCUT2D eigenvalue weighted by Gasteiger charge is -2.33. The van der Waals surface area contributed by atoms with E-state index in [1.54, 1.807) is 49.4 Å². The first-order valence-corrected chi connectivity index (χ1v) is 14.9. The molecule has 0 fully saturated rings.